The molecule has 0 radical (unpaired) electrons. The van der Waals surface area contributed by atoms with Gasteiger partial charge >= 0.3 is 12.1 Å². The van der Waals surface area contributed by atoms with E-state index in [-0.39, 0.29) is 18.4 Å². The van der Waals surface area contributed by atoms with Crippen LogP contribution >= 0.6 is 0 Å². The van der Waals surface area contributed by atoms with Gasteiger partial charge in [-0.05, 0) is 76.6 Å². The molecule has 1 aromatic rings. The standard InChI is InChI=1S/C27H43N3O8S/c1-6-7-18-39(34,35)29-23(25(32)36-5)19-28-24(31)21-8-10-22(11-9-21)37-17-14-20-12-15-30(16-13-20)26(33)38-27(2,3)4/h8-11,20,23,29H,6-7,12-19H2,1-5H3,(H,28,31)/t23-/m0/s1. The molecule has 1 atom stereocenters. The van der Waals surface area contributed by atoms with Gasteiger partial charge in [-0.1, -0.05) is 13.3 Å². The molecular formula is C27H43N3O8S. The number of unbranched alkanes of at least 4 members (excludes halogenated alkanes) is 1. The number of carbonyl (C=O) groups excluding carboxylic acids is 3. The third kappa shape index (κ3) is 11.8. The topological polar surface area (TPSA) is 140 Å². The van der Waals surface area contributed by atoms with E-state index in [4.69, 9.17) is 9.47 Å². The molecule has 0 bridgehead atoms. The molecule has 0 spiro atoms. The van der Waals surface area contributed by atoms with Gasteiger partial charge in [0.15, 0.2) is 0 Å². The van der Waals surface area contributed by atoms with Gasteiger partial charge in [0.2, 0.25) is 10.0 Å². The van der Waals surface area contributed by atoms with Crippen molar-refractivity contribution in [1.82, 2.24) is 14.9 Å². The summed E-state index contributed by atoms with van der Waals surface area (Å²) in [6.45, 7) is 9.04. The zero-order valence-corrected chi connectivity index (χ0v) is 24.5. The highest BCUT2D eigenvalue weighted by Crippen LogP contribution is 2.23. The smallest absolute Gasteiger partial charge is 0.410 e. The first-order valence-electron chi connectivity index (χ1n) is 13.4. The maximum absolute atomic E-state index is 12.6. The second-order valence-electron chi connectivity index (χ2n) is 10.6. The van der Waals surface area contributed by atoms with E-state index in [9.17, 15) is 22.8 Å². The van der Waals surface area contributed by atoms with Gasteiger partial charge in [-0.15, -0.1) is 0 Å². The number of carbonyl (C=O) groups is 3. The van der Waals surface area contributed by atoms with Gasteiger partial charge < -0.3 is 24.4 Å². The highest BCUT2D eigenvalue weighted by atomic mass is 32.2. The molecule has 0 aromatic heterocycles. The van der Waals surface area contributed by atoms with Crippen LogP contribution in [0.3, 0.4) is 0 Å². The van der Waals surface area contributed by atoms with E-state index in [1.807, 2.05) is 27.7 Å². The summed E-state index contributed by atoms with van der Waals surface area (Å²) in [6, 6.07) is 5.35. The van der Waals surface area contributed by atoms with Gasteiger partial charge in [0.1, 0.15) is 17.4 Å². The second kappa shape index (κ2) is 15.1. The number of benzene rings is 1. The molecule has 39 heavy (non-hydrogen) atoms. The van der Waals surface area contributed by atoms with Crippen molar-refractivity contribution in [2.45, 2.75) is 71.4 Å². The average molecular weight is 570 g/mol. The van der Waals surface area contributed by atoms with E-state index in [1.165, 1.54) is 0 Å². The summed E-state index contributed by atoms with van der Waals surface area (Å²) in [5, 5.41) is 2.58. The number of piperidine rings is 1. The number of methoxy groups -OCH3 is 1. The fraction of sp³-hybridized carbons (Fsp3) is 0.667. The number of likely N-dealkylation sites (tertiary alicyclic amines) is 1. The maximum atomic E-state index is 12.6. The molecule has 0 aliphatic carbocycles. The zero-order valence-electron chi connectivity index (χ0n) is 23.7. The summed E-state index contributed by atoms with van der Waals surface area (Å²) in [7, 11) is -2.53. The van der Waals surface area contributed by atoms with Crippen LogP contribution in [0.15, 0.2) is 24.3 Å². The van der Waals surface area contributed by atoms with Crippen molar-refractivity contribution < 1.29 is 37.0 Å². The van der Waals surface area contributed by atoms with Gasteiger partial charge in [0, 0.05) is 25.2 Å². The minimum Gasteiger partial charge on any atom is -0.494 e. The lowest BCUT2D eigenvalue weighted by Crippen LogP contribution is -2.49. The predicted octanol–water partition coefficient (Wildman–Crippen LogP) is 3.09. The molecule has 1 aliphatic rings. The number of nitrogens with one attached hydrogen (secondary N) is 2. The summed E-state index contributed by atoms with van der Waals surface area (Å²) >= 11 is 0. The third-order valence-electron chi connectivity index (χ3n) is 6.22. The molecule has 0 unspecified atom stereocenters. The lowest BCUT2D eigenvalue weighted by atomic mass is 9.94. The number of ether oxygens (including phenoxy) is 3. The van der Waals surface area contributed by atoms with Crippen LogP contribution in [0.1, 0.15) is 70.2 Å². The lowest BCUT2D eigenvalue weighted by molar-refractivity contribution is -0.142. The molecule has 2 N–H and O–H groups in total. The van der Waals surface area contributed by atoms with Crippen LogP contribution in [0.5, 0.6) is 5.75 Å². The van der Waals surface area contributed by atoms with Gasteiger partial charge in [0.05, 0.1) is 19.5 Å². The Bertz CT molecular complexity index is 1050. The molecule has 1 aliphatic heterocycles. The Balaban J connectivity index is 1.77. The maximum Gasteiger partial charge on any atom is 0.410 e. The van der Waals surface area contributed by atoms with Crippen molar-refractivity contribution in [3.05, 3.63) is 29.8 Å². The average Bonchev–Trinajstić information content (AvgIpc) is 2.89. The van der Waals surface area contributed by atoms with Crippen LogP contribution in [-0.2, 0) is 24.3 Å². The van der Waals surface area contributed by atoms with Gasteiger partial charge in [-0.3, -0.25) is 9.59 Å². The van der Waals surface area contributed by atoms with Crippen LogP contribution in [0.4, 0.5) is 4.79 Å². The summed E-state index contributed by atoms with van der Waals surface area (Å²) in [4.78, 5) is 38.5. The highest BCUT2D eigenvalue weighted by Gasteiger charge is 2.27. The minimum atomic E-state index is -3.69. The van der Waals surface area contributed by atoms with Crippen molar-refractivity contribution in [3.63, 3.8) is 0 Å². The number of nitrogens with zero attached hydrogens (tertiary/aromatic N) is 1. The largest absolute Gasteiger partial charge is 0.494 e. The zero-order chi connectivity index (χ0) is 29.1. The van der Waals surface area contributed by atoms with E-state index >= 15 is 0 Å². The van der Waals surface area contributed by atoms with E-state index < -0.39 is 33.5 Å². The normalized spacial score (nSPS) is 15.4. The minimum absolute atomic E-state index is 0.113. The fourth-order valence-corrected chi connectivity index (χ4v) is 5.40. The molecule has 12 heteroatoms. The molecule has 11 nitrogen and oxygen atoms in total. The number of amides is 2. The van der Waals surface area contributed by atoms with Gasteiger partial charge in [0.25, 0.3) is 5.91 Å². The quantitative estimate of drug-likeness (QED) is 0.346. The molecule has 2 amide bonds. The highest BCUT2D eigenvalue weighted by molar-refractivity contribution is 7.89. The Labute approximate surface area is 232 Å². The Morgan fingerprint density at radius 3 is 2.31 bits per heavy atom. The van der Waals surface area contributed by atoms with Crippen LogP contribution in [0, 0.1) is 5.92 Å². The Morgan fingerprint density at radius 2 is 1.74 bits per heavy atom. The van der Waals surface area contributed by atoms with Crippen LogP contribution in [0.25, 0.3) is 0 Å². The first-order valence-corrected chi connectivity index (χ1v) is 15.1. The molecule has 1 heterocycles. The molecule has 0 saturated carbocycles. The fourth-order valence-electron chi connectivity index (χ4n) is 4.00. The monoisotopic (exact) mass is 569 g/mol. The Hall–Kier alpha value is -2.86. The predicted molar refractivity (Wildman–Crippen MR) is 147 cm³/mol. The first-order chi connectivity index (χ1) is 18.3. The van der Waals surface area contributed by atoms with E-state index in [2.05, 4.69) is 14.8 Å². The number of hydrogen-bond acceptors (Lipinski definition) is 8. The second-order valence-corrected chi connectivity index (χ2v) is 12.5. The number of rotatable bonds is 13. The van der Waals surface area contributed by atoms with Crippen molar-refractivity contribution in [2.24, 2.45) is 5.92 Å². The van der Waals surface area contributed by atoms with Crippen LogP contribution in [0.2, 0.25) is 0 Å². The molecule has 220 valence electrons. The van der Waals surface area contributed by atoms with Crippen molar-refractivity contribution >= 4 is 28.0 Å². The van der Waals surface area contributed by atoms with E-state index in [0.29, 0.717) is 49.8 Å². The summed E-state index contributed by atoms with van der Waals surface area (Å²) in [6.07, 6.45) is 3.52. The summed E-state index contributed by atoms with van der Waals surface area (Å²) in [5.41, 5.74) is -0.160. The van der Waals surface area contributed by atoms with Gasteiger partial charge in [-0.25, -0.2) is 13.2 Å². The van der Waals surface area contributed by atoms with Crippen molar-refractivity contribution in [2.75, 3.05) is 39.1 Å². The van der Waals surface area contributed by atoms with Crippen LogP contribution < -0.4 is 14.8 Å². The first kappa shape index (κ1) is 32.4. The van der Waals surface area contributed by atoms with Crippen molar-refractivity contribution in [1.29, 1.82) is 0 Å². The Morgan fingerprint density at radius 1 is 1.10 bits per heavy atom. The van der Waals surface area contributed by atoms with Crippen molar-refractivity contribution in [3.8, 4) is 5.75 Å². The van der Waals surface area contributed by atoms with E-state index in [1.54, 1.807) is 29.2 Å². The summed E-state index contributed by atoms with van der Waals surface area (Å²) < 4.78 is 42.6. The molecule has 1 saturated heterocycles. The van der Waals surface area contributed by atoms with E-state index in [0.717, 1.165) is 26.4 Å². The molecule has 2 rings (SSSR count). The summed E-state index contributed by atoms with van der Waals surface area (Å²) in [5.74, 6) is -0.281. The third-order valence-corrected chi connectivity index (χ3v) is 7.69. The number of sulfonamides is 1. The van der Waals surface area contributed by atoms with Gasteiger partial charge in [-0.2, -0.15) is 4.72 Å². The molecule has 1 aromatic carbocycles. The Kier molecular flexibility index (Phi) is 12.5. The molecular weight excluding hydrogens is 526 g/mol. The lowest BCUT2D eigenvalue weighted by Gasteiger charge is -2.33. The molecule has 1 fully saturated rings. The SMILES string of the molecule is CCCCS(=O)(=O)N[C@@H](CNC(=O)c1ccc(OCCC2CCN(C(=O)OC(C)(C)C)CC2)cc1)C(=O)OC. The number of hydrogen-bond donors (Lipinski definition) is 2. The number of esters is 1. The van der Waals surface area contributed by atoms with Crippen LogP contribution in [-0.4, -0.2) is 82.0 Å².